The molecule has 1 aliphatic rings. The topological polar surface area (TPSA) is 80.2 Å². The molecule has 158 valence electrons. The maximum Gasteiger partial charge on any atom is 0.230 e. The molecule has 7 nitrogen and oxygen atoms in total. The second kappa shape index (κ2) is 9.61. The summed E-state index contributed by atoms with van der Waals surface area (Å²) >= 11 is 3.05. The first kappa shape index (κ1) is 20.9. The number of benzene rings is 1. The fraction of sp³-hybridized carbons (Fsp3) is 0.429. The molecular formula is C21H25N5O2S2. The van der Waals surface area contributed by atoms with Crippen LogP contribution in [0.25, 0.3) is 10.3 Å². The van der Waals surface area contributed by atoms with Crippen molar-refractivity contribution in [2.24, 2.45) is 5.92 Å². The number of methoxy groups -OCH3 is 1. The van der Waals surface area contributed by atoms with Crippen LogP contribution in [-0.4, -0.2) is 46.8 Å². The van der Waals surface area contributed by atoms with Gasteiger partial charge in [-0.2, -0.15) is 4.98 Å². The maximum atomic E-state index is 12.3. The van der Waals surface area contributed by atoms with Crippen LogP contribution in [-0.2, 0) is 11.3 Å². The number of carbonyl (C=O) groups excluding carboxylic acids is 1. The van der Waals surface area contributed by atoms with Crippen LogP contribution in [0.1, 0.15) is 25.3 Å². The van der Waals surface area contributed by atoms with Gasteiger partial charge in [-0.25, -0.2) is 9.97 Å². The summed E-state index contributed by atoms with van der Waals surface area (Å²) in [6, 6.07) is 7.66. The van der Waals surface area contributed by atoms with Gasteiger partial charge in [-0.05, 0) is 36.5 Å². The molecule has 0 radical (unpaired) electrons. The molecule has 4 rings (SSSR count). The third kappa shape index (κ3) is 5.02. The van der Waals surface area contributed by atoms with Crippen LogP contribution in [0.15, 0.2) is 35.6 Å². The van der Waals surface area contributed by atoms with Gasteiger partial charge in [0.15, 0.2) is 10.8 Å². The van der Waals surface area contributed by atoms with E-state index in [1.54, 1.807) is 18.4 Å². The molecular weight excluding hydrogens is 418 g/mol. The van der Waals surface area contributed by atoms with Crippen LogP contribution in [0.5, 0.6) is 5.75 Å². The average molecular weight is 444 g/mol. The molecule has 3 heterocycles. The number of hydrogen-bond donors (Lipinski definition) is 1. The number of nitrogens with one attached hydrogen (secondary N) is 1. The van der Waals surface area contributed by atoms with E-state index in [2.05, 4.69) is 27.1 Å². The zero-order valence-electron chi connectivity index (χ0n) is 17.1. The first-order chi connectivity index (χ1) is 14.6. The number of nitrogens with zero attached hydrogens (tertiary/aromatic N) is 4. The van der Waals surface area contributed by atoms with Crippen molar-refractivity contribution in [3.8, 4) is 5.75 Å². The van der Waals surface area contributed by atoms with Crippen LogP contribution in [0.4, 0.5) is 5.13 Å². The van der Waals surface area contributed by atoms with E-state index in [-0.39, 0.29) is 5.91 Å². The lowest BCUT2D eigenvalue weighted by atomic mass is 10.0. The Morgan fingerprint density at radius 3 is 2.93 bits per heavy atom. The van der Waals surface area contributed by atoms with E-state index in [4.69, 9.17) is 9.72 Å². The highest BCUT2D eigenvalue weighted by Crippen LogP contribution is 2.35. The predicted octanol–water partition coefficient (Wildman–Crippen LogP) is 3.74. The number of carbonyl (C=O) groups is 1. The number of rotatable bonds is 7. The Morgan fingerprint density at radius 2 is 2.17 bits per heavy atom. The number of ether oxygens (including phenoxy) is 1. The predicted molar refractivity (Wildman–Crippen MR) is 121 cm³/mol. The van der Waals surface area contributed by atoms with Crippen molar-refractivity contribution in [3.63, 3.8) is 0 Å². The van der Waals surface area contributed by atoms with E-state index < -0.39 is 0 Å². The number of anilines is 1. The molecule has 1 fully saturated rings. The summed E-state index contributed by atoms with van der Waals surface area (Å²) in [6.07, 6.45) is 3.99. The number of thiazole rings is 1. The highest BCUT2D eigenvalue weighted by molar-refractivity contribution is 8.00. The number of thioether (sulfide) groups is 1. The highest BCUT2D eigenvalue weighted by Gasteiger charge is 2.21. The Bertz CT molecular complexity index is 1010. The molecule has 1 amide bonds. The van der Waals surface area contributed by atoms with Gasteiger partial charge in [-0.3, -0.25) is 4.79 Å². The van der Waals surface area contributed by atoms with Crippen molar-refractivity contribution in [3.05, 3.63) is 36.2 Å². The maximum absolute atomic E-state index is 12.3. The van der Waals surface area contributed by atoms with Crippen molar-refractivity contribution in [2.45, 2.75) is 31.3 Å². The molecule has 0 spiro atoms. The van der Waals surface area contributed by atoms with Gasteiger partial charge in [-0.1, -0.05) is 42.2 Å². The Labute approximate surface area is 184 Å². The lowest BCUT2D eigenvalue weighted by molar-refractivity contribution is -0.118. The molecule has 3 aromatic rings. The third-order valence-electron chi connectivity index (χ3n) is 5.06. The second-order valence-electron chi connectivity index (χ2n) is 7.43. The number of aromatic nitrogens is 3. The molecule has 0 saturated carbocycles. The summed E-state index contributed by atoms with van der Waals surface area (Å²) in [5, 5.41) is 4.77. The van der Waals surface area contributed by atoms with Crippen LogP contribution in [0.2, 0.25) is 0 Å². The molecule has 0 bridgehead atoms. The summed E-state index contributed by atoms with van der Waals surface area (Å²) in [7, 11) is 1.64. The molecule has 0 aliphatic carbocycles. The van der Waals surface area contributed by atoms with Gasteiger partial charge in [0.05, 0.1) is 12.9 Å². The number of piperidine rings is 1. The van der Waals surface area contributed by atoms with Crippen LogP contribution < -0.4 is 15.0 Å². The molecule has 9 heteroatoms. The van der Waals surface area contributed by atoms with E-state index in [1.807, 2.05) is 24.3 Å². The van der Waals surface area contributed by atoms with Gasteiger partial charge in [0.1, 0.15) is 21.8 Å². The number of fused-ring (bicyclic) bond motifs is 1. The van der Waals surface area contributed by atoms with Gasteiger partial charge in [0.2, 0.25) is 5.91 Å². The minimum Gasteiger partial charge on any atom is -0.497 e. The van der Waals surface area contributed by atoms with Crippen molar-refractivity contribution < 1.29 is 9.53 Å². The molecule has 0 unspecified atom stereocenters. The second-order valence-corrected chi connectivity index (χ2v) is 9.38. The zero-order chi connectivity index (χ0) is 20.9. The molecule has 2 aromatic heterocycles. The van der Waals surface area contributed by atoms with Crippen LogP contribution in [0, 0.1) is 5.92 Å². The molecule has 1 aliphatic heterocycles. The largest absolute Gasteiger partial charge is 0.497 e. The minimum absolute atomic E-state index is 0.0304. The molecule has 1 atom stereocenters. The Hall–Kier alpha value is -2.39. The molecule has 1 saturated heterocycles. The van der Waals surface area contributed by atoms with Gasteiger partial charge in [0, 0.05) is 19.6 Å². The van der Waals surface area contributed by atoms with Crippen molar-refractivity contribution >= 4 is 44.5 Å². The number of amides is 1. The monoisotopic (exact) mass is 443 g/mol. The summed E-state index contributed by atoms with van der Waals surface area (Å²) in [4.78, 5) is 28.1. The van der Waals surface area contributed by atoms with E-state index in [1.165, 1.54) is 30.9 Å². The van der Waals surface area contributed by atoms with Gasteiger partial charge < -0.3 is 15.0 Å². The Kier molecular flexibility index (Phi) is 6.69. The SMILES string of the molecule is COc1ccc(CNC(=O)CSc2ncnc3nc(N4CCC[C@@H](C)C4)sc23)cc1. The highest BCUT2D eigenvalue weighted by atomic mass is 32.2. The van der Waals surface area contributed by atoms with Gasteiger partial charge in [0.25, 0.3) is 0 Å². The zero-order valence-corrected chi connectivity index (χ0v) is 18.8. The van der Waals surface area contributed by atoms with Crippen molar-refractivity contribution in [1.82, 2.24) is 20.3 Å². The Balaban J connectivity index is 1.36. The Morgan fingerprint density at radius 1 is 1.33 bits per heavy atom. The standard InChI is InChI=1S/C21H25N5O2S2/c1-14-4-3-9-26(11-14)21-25-19-18(30-21)20(24-13-23-19)29-12-17(27)22-10-15-5-7-16(28-2)8-6-15/h5-8,13-14H,3-4,9-12H2,1-2H3,(H,22,27)/t14-/m1/s1. The van der Waals surface area contributed by atoms with E-state index >= 15 is 0 Å². The smallest absolute Gasteiger partial charge is 0.230 e. The minimum atomic E-state index is -0.0304. The summed E-state index contributed by atoms with van der Waals surface area (Å²) < 4.78 is 6.11. The van der Waals surface area contributed by atoms with Gasteiger partial charge >= 0.3 is 0 Å². The van der Waals surface area contributed by atoms with E-state index in [0.717, 1.165) is 39.3 Å². The summed E-state index contributed by atoms with van der Waals surface area (Å²) in [5.74, 6) is 1.75. The molecule has 1 N–H and O–H groups in total. The van der Waals surface area contributed by atoms with E-state index in [9.17, 15) is 4.79 Å². The van der Waals surface area contributed by atoms with Crippen molar-refractivity contribution in [2.75, 3.05) is 30.9 Å². The molecule has 1 aromatic carbocycles. The van der Waals surface area contributed by atoms with Crippen LogP contribution in [0.3, 0.4) is 0 Å². The lowest BCUT2D eigenvalue weighted by Crippen LogP contribution is -2.34. The van der Waals surface area contributed by atoms with E-state index in [0.29, 0.717) is 23.9 Å². The lowest BCUT2D eigenvalue weighted by Gasteiger charge is -2.30. The summed E-state index contributed by atoms with van der Waals surface area (Å²) in [6.45, 7) is 4.84. The summed E-state index contributed by atoms with van der Waals surface area (Å²) in [5.41, 5.74) is 1.74. The van der Waals surface area contributed by atoms with Gasteiger partial charge in [-0.15, -0.1) is 0 Å². The average Bonchev–Trinajstić information content (AvgIpc) is 3.21. The first-order valence-corrected chi connectivity index (χ1v) is 11.8. The fourth-order valence-corrected chi connectivity index (χ4v) is 5.41. The number of hydrogen-bond acceptors (Lipinski definition) is 8. The quantitative estimate of drug-likeness (QED) is 0.440. The first-order valence-electron chi connectivity index (χ1n) is 10.0. The van der Waals surface area contributed by atoms with Crippen molar-refractivity contribution in [1.29, 1.82) is 0 Å². The van der Waals surface area contributed by atoms with Crippen LogP contribution >= 0.6 is 23.1 Å². The molecule has 30 heavy (non-hydrogen) atoms. The normalized spacial score (nSPS) is 16.6. The fourth-order valence-electron chi connectivity index (χ4n) is 3.45. The third-order valence-corrected chi connectivity index (χ3v) is 7.29.